The first kappa shape index (κ1) is 42.6. The van der Waals surface area contributed by atoms with Crippen LogP contribution in [0.5, 0.6) is 0 Å². The third-order valence-electron chi connectivity index (χ3n) is 14.7. The zero-order valence-corrected chi connectivity index (χ0v) is 37.3. The number of ether oxygens (including phenoxy) is 2. The number of aromatic amines is 2. The molecule has 2 aliphatic heterocycles. The van der Waals surface area contributed by atoms with Gasteiger partial charge in [0.25, 0.3) is 5.92 Å². The van der Waals surface area contributed by atoms with Crippen molar-refractivity contribution in [2.45, 2.75) is 102 Å². The van der Waals surface area contributed by atoms with Gasteiger partial charge >= 0.3 is 12.2 Å². The van der Waals surface area contributed by atoms with E-state index in [0.717, 1.165) is 49.6 Å². The minimum atomic E-state index is -3.29. The summed E-state index contributed by atoms with van der Waals surface area (Å²) in [6.45, 7) is 8.09. The van der Waals surface area contributed by atoms with Crippen LogP contribution in [0.2, 0.25) is 0 Å². The van der Waals surface area contributed by atoms with Gasteiger partial charge in [0.2, 0.25) is 11.8 Å². The number of nitrogens with one attached hydrogen (secondary N) is 4. The molecule has 2 saturated heterocycles. The van der Waals surface area contributed by atoms with Crippen LogP contribution >= 0.6 is 0 Å². The highest BCUT2D eigenvalue weighted by atomic mass is 19.3. The molecule has 2 aromatic heterocycles. The van der Waals surface area contributed by atoms with Crippen LogP contribution in [0.25, 0.3) is 44.5 Å². The number of H-pyrrole nitrogens is 2. The van der Waals surface area contributed by atoms with E-state index >= 15 is 8.78 Å². The largest absolute Gasteiger partial charge is 0.453 e. The number of methoxy groups -OCH3 is 2. The second-order valence-electron chi connectivity index (χ2n) is 19.4. The summed E-state index contributed by atoms with van der Waals surface area (Å²) in [5, 5.41) is 5.43. The number of benzene rings is 3. The van der Waals surface area contributed by atoms with Crippen LogP contribution in [-0.4, -0.2) is 92.6 Å². The van der Waals surface area contributed by atoms with E-state index in [2.05, 4.69) is 20.6 Å². The van der Waals surface area contributed by atoms with Gasteiger partial charge in [0.05, 0.1) is 49.2 Å². The van der Waals surface area contributed by atoms with Gasteiger partial charge in [-0.2, -0.15) is 8.78 Å². The molecule has 14 nitrogen and oxygen atoms in total. The summed E-state index contributed by atoms with van der Waals surface area (Å²) in [5.74, 6) is -2.53. The van der Waals surface area contributed by atoms with Crippen LogP contribution in [0.3, 0.4) is 0 Å². The minimum Gasteiger partial charge on any atom is -0.453 e. The van der Waals surface area contributed by atoms with Crippen LogP contribution in [0.1, 0.15) is 101 Å². The molecule has 6 atom stereocenters. The van der Waals surface area contributed by atoms with Gasteiger partial charge in [0, 0.05) is 29.3 Å². The third kappa shape index (κ3) is 7.19. The van der Waals surface area contributed by atoms with Crippen molar-refractivity contribution in [2.75, 3.05) is 20.8 Å². The number of aromatic nitrogens is 4. The SMILES string of the molecule is COC(=O)NC(C(=O)N1CC2(CC2)CC1c1ncc(-c2ccc3c(c2)C(F)(F)c2cc(-c4ccc5nc(C6[C@H]7CC[C@H](C7)N6C(=O)[C@@H](NC(=O)OC)C(C)C)[nH]c5c4)ccc2-3)[nH]1)C(C)C. The first-order chi connectivity index (χ1) is 31.1. The van der Waals surface area contributed by atoms with Crippen molar-refractivity contribution in [3.8, 4) is 33.5 Å². The molecule has 5 aromatic rings. The predicted octanol–water partition coefficient (Wildman–Crippen LogP) is 8.61. The minimum absolute atomic E-state index is 0.0102. The number of carbonyl (C=O) groups is 4. The summed E-state index contributed by atoms with van der Waals surface area (Å²) in [5.41, 5.74) is 4.68. The number of hydrogen-bond acceptors (Lipinski definition) is 8. The van der Waals surface area contributed by atoms with Crippen molar-refractivity contribution in [1.29, 1.82) is 0 Å². The van der Waals surface area contributed by atoms with Crippen molar-refractivity contribution < 1.29 is 37.4 Å². The Kier molecular flexibility index (Phi) is 10.3. The van der Waals surface area contributed by atoms with Gasteiger partial charge < -0.3 is 39.9 Å². The molecule has 16 heteroatoms. The standard InChI is InChI=1S/C49H54F2N8O6/c1-24(2)39(56-46(62)64-5)44(60)58-23-48(15-16-48)21-38(58)42-52-22-37(55-42)28-9-13-32-31-12-8-26(18-33(31)49(50,51)34(32)19-28)27-10-14-35-36(20-27)54-43(53-35)41-29-7-11-30(17-29)59(41)45(61)40(25(3)4)57-47(63)65-6/h8-10,12-14,18-20,22,24-25,29-30,38-41H,7,11,15-17,21,23H2,1-6H3,(H,52,55)(H,53,54)(H,56,62)(H,57,63)/t29-,30+,38?,39?,40-,41?/m0/s1. The van der Waals surface area contributed by atoms with Gasteiger partial charge in [-0.05, 0) is 108 Å². The molecule has 4 heterocycles. The summed E-state index contributed by atoms with van der Waals surface area (Å²) in [6, 6.07) is 13.8. The number of rotatable bonds is 10. The lowest BCUT2D eigenvalue weighted by Crippen LogP contribution is -2.54. The number of alkyl carbamates (subject to hydrolysis) is 2. The smallest absolute Gasteiger partial charge is 0.407 e. The van der Waals surface area contributed by atoms with Crippen molar-refractivity contribution >= 4 is 35.0 Å². The quantitative estimate of drug-likeness (QED) is 0.108. The summed E-state index contributed by atoms with van der Waals surface area (Å²) in [7, 11) is 2.54. The van der Waals surface area contributed by atoms with Crippen molar-refractivity contribution in [2.24, 2.45) is 23.2 Å². The number of piperidine rings is 1. The second kappa shape index (κ2) is 15.7. The molecule has 10 rings (SSSR count). The highest BCUT2D eigenvalue weighted by Gasteiger charge is 2.56. The van der Waals surface area contributed by atoms with Crippen molar-refractivity contribution in [3.63, 3.8) is 0 Å². The Morgan fingerprint density at radius 1 is 0.785 bits per heavy atom. The summed E-state index contributed by atoms with van der Waals surface area (Å²) >= 11 is 0. The van der Waals surface area contributed by atoms with E-state index in [9.17, 15) is 19.2 Å². The zero-order valence-electron chi connectivity index (χ0n) is 37.3. The average Bonchev–Trinajstić information content (AvgIpc) is 3.95. The average molecular weight is 889 g/mol. The second-order valence-corrected chi connectivity index (χ2v) is 19.4. The van der Waals surface area contributed by atoms with E-state index in [4.69, 9.17) is 19.4 Å². The number of amides is 4. The molecule has 340 valence electrons. The van der Waals surface area contributed by atoms with Gasteiger partial charge in [-0.25, -0.2) is 19.6 Å². The van der Waals surface area contributed by atoms with Crippen molar-refractivity contribution in [1.82, 2.24) is 40.4 Å². The highest BCUT2D eigenvalue weighted by Crippen LogP contribution is 2.59. The molecule has 2 saturated carbocycles. The normalized spacial score (nSPS) is 22.9. The maximum absolute atomic E-state index is 16.7. The van der Waals surface area contributed by atoms with Crippen molar-refractivity contribution in [3.05, 3.63) is 83.6 Å². The topological polar surface area (TPSA) is 175 Å². The Labute approximate surface area is 375 Å². The number of likely N-dealkylation sites (tertiary alicyclic amines) is 2. The molecule has 4 N–H and O–H groups in total. The number of nitrogens with zero attached hydrogens (tertiary/aromatic N) is 4. The predicted molar refractivity (Wildman–Crippen MR) is 237 cm³/mol. The maximum Gasteiger partial charge on any atom is 0.407 e. The Morgan fingerprint density at radius 3 is 2.05 bits per heavy atom. The highest BCUT2D eigenvalue weighted by molar-refractivity contribution is 5.89. The third-order valence-corrected chi connectivity index (χ3v) is 14.7. The molecule has 3 aromatic carbocycles. The summed E-state index contributed by atoms with van der Waals surface area (Å²) < 4.78 is 43.0. The molecule has 1 spiro atoms. The fourth-order valence-corrected chi connectivity index (χ4v) is 11.0. The molecule has 5 aliphatic rings. The number of imidazole rings is 2. The van der Waals surface area contributed by atoms with E-state index in [1.165, 1.54) is 20.3 Å². The first-order valence-electron chi connectivity index (χ1n) is 22.6. The van der Waals surface area contributed by atoms with Gasteiger partial charge in [-0.1, -0.05) is 58.0 Å². The monoisotopic (exact) mass is 888 g/mol. The van der Waals surface area contributed by atoms with E-state index in [1.807, 2.05) is 62.9 Å². The van der Waals surface area contributed by atoms with E-state index in [-0.39, 0.29) is 64.2 Å². The Bertz CT molecular complexity index is 2740. The van der Waals surface area contributed by atoms with E-state index < -0.39 is 30.2 Å². The lowest BCUT2D eigenvalue weighted by Gasteiger charge is -2.37. The molecule has 4 amide bonds. The number of fused-ring (bicyclic) bond motifs is 6. The van der Waals surface area contributed by atoms with Gasteiger partial charge in [0.15, 0.2) is 0 Å². The molecule has 65 heavy (non-hydrogen) atoms. The van der Waals surface area contributed by atoms with E-state index in [0.29, 0.717) is 51.7 Å². The van der Waals surface area contributed by atoms with Crippen LogP contribution in [0, 0.1) is 23.2 Å². The molecular formula is C49H54F2N8O6. The molecule has 3 aliphatic carbocycles. The van der Waals surface area contributed by atoms with Crippen LogP contribution in [0.15, 0.2) is 60.8 Å². The maximum atomic E-state index is 16.7. The zero-order chi connectivity index (χ0) is 45.7. The number of alkyl halides is 2. The summed E-state index contributed by atoms with van der Waals surface area (Å²) in [4.78, 5) is 72.6. The Morgan fingerprint density at radius 2 is 1.40 bits per heavy atom. The fraction of sp³-hybridized carbons (Fsp3) is 0.469. The molecule has 4 fully saturated rings. The number of halogens is 2. The summed E-state index contributed by atoms with van der Waals surface area (Å²) in [6.07, 6.45) is 5.75. The molecule has 0 radical (unpaired) electrons. The lowest BCUT2D eigenvalue weighted by molar-refractivity contribution is -0.139. The lowest BCUT2D eigenvalue weighted by atomic mass is 9.95. The van der Waals surface area contributed by atoms with Gasteiger partial charge in [0.1, 0.15) is 23.7 Å². The number of carbonyl (C=O) groups excluding carboxylic acids is 4. The fourth-order valence-electron chi connectivity index (χ4n) is 11.0. The molecular weight excluding hydrogens is 835 g/mol. The van der Waals surface area contributed by atoms with Crippen LogP contribution < -0.4 is 10.6 Å². The van der Waals surface area contributed by atoms with Gasteiger partial charge in [-0.15, -0.1) is 0 Å². The van der Waals surface area contributed by atoms with Crippen LogP contribution in [-0.2, 0) is 25.0 Å². The van der Waals surface area contributed by atoms with Crippen LogP contribution in [0.4, 0.5) is 18.4 Å². The van der Waals surface area contributed by atoms with E-state index in [1.54, 1.807) is 29.3 Å². The molecule has 3 unspecified atom stereocenters. The molecule has 2 bridgehead atoms. The first-order valence-corrected chi connectivity index (χ1v) is 22.6. The Hall–Kier alpha value is -6.32. The van der Waals surface area contributed by atoms with Gasteiger partial charge in [-0.3, -0.25) is 9.59 Å². The number of hydrogen-bond donors (Lipinski definition) is 4. The Balaban J connectivity index is 0.896.